The van der Waals surface area contributed by atoms with E-state index in [0.29, 0.717) is 10.6 Å². The molecule has 4 heteroatoms. The average Bonchev–Trinajstić information content (AvgIpc) is 2.55. The molecular weight excluding hydrogens is 208 g/mol. The molecule has 0 fully saturated rings. The van der Waals surface area contributed by atoms with E-state index in [-0.39, 0.29) is 12.0 Å². The summed E-state index contributed by atoms with van der Waals surface area (Å²) in [4.78, 5) is 1.19. The molecule has 0 aromatic carbocycles. The van der Waals surface area contributed by atoms with Crippen molar-refractivity contribution in [2.24, 2.45) is 0 Å². The summed E-state index contributed by atoms with van der Waals surface area (Å²) in [6, 6.07) is 2.17. The van der Waals surface area contributed by atoms with Crippen molar-refractivity contribution in [3.05, 3.63) is 16.0 Å². The highest BCUT2D eigenvalue weighted by Crippen LogP contribution is 2.45. The summed E-state index contributed by atoms with van der Waals surface area (Å²) >= 11 is 1.50. The van der Waals surface area contributed by atoms with Crippen LogP contribution in [0.3, 0.4) is 0 Å². The zero-order valence-electron chi connectivity index (χ0n) is 8.71. The molecule has 0 unspecified atom stereocenters. The third-order valence-corrected chi connectivity index (χ3v) is 4.28. The molecule has 1 heterocycles. The third kappa shape index (κ3) is 1.43. The Morgan fingerprint density at radius 1 is 1.67 bits per heavy atom. The highest BCUT2D eigenvalue weighted by Gasteiger charge is 2.36. The van der Waals surface area contributed by atoms with Gasteiger partial charge in [-0.1, -0.05) is 6.92 Å². The van der Waals surface area contributed by atoms with Crippen LogP contribution in [0.5, 0.6) is 0 Å². The highest BCUT2D eigenvalue weighted by molar-refractivity contribution is 7.16. The molecule has 80 valence electrons. The molecule has 1 aliphatic rings. The van der Waals surface area contributed by atoms with Gasteiger partial charge in [-0.2, -0.15) is 5.26 Å². The predicted octanol–water partition coefficient (Wildman–Crippen LogP) is 1.79. The van der Waals surface area contributed by atoms with Crippen molar-refractivity contribution in [2.45, 2.75) is 31.6 Å². The Labute approximate surface area is 93.1 Å². The molecule has 0 amide bonds. The lowest BCUT2D eigenvalue weighted by atomic mass is 9.73. The van der Waals surface area contributed by atoms with Crippen LogP contribution in [0.1, 0.15) is 35.8 Å². The smallest absolute Gasteiger partial charge is 0.104 e. The minimum absolute atomic E-state index is 0.0881. The summed E-state index contributed by atoms with van der Waals surface area (Å²) < 4.78 is 0. The van der Waals surface area contributed by atoms with Crippen LogP contribution in [0, 0.1) is 11.3 Å². The number of anilines is 1. The Morgan fingerprint density at radius 2 is 2.40 bits per heavy atom. The molecule has 1 atom stereocenters. The van der Waals surface area contributed by atoms with Crippen molar-refractivity contribution in [3.8, 4) is 6.07 Å². The van der Waals surface area contributed by atoms with Gasteiger partial charge in [0.25, 0.3) is 0 Å². The Morgan fingerprint density at radius 3 is 3.00 bits per heavy atom. The van der Waals surface area contributed by atoms with Crippen molar-refractivity contribution in [1.82, 2.24) is 0 Å². The second kappa shape index (κ2) is 3.51. The summed E-state index contributed by atoms with van der Waals surface area (Å²) in [5.74, 6) is 0. The second-order valence-corrected chi connectivity index (χ2v) is 5.46. The van der Waals surface area contributed by atoms with Gasteiger partial charge in [-0.05, 0) is 24.8 Å². The standard InChI is InChI=1S/C11H14N2OS/c1-11(6-14)4-2-3-8-9(11)7(5-12)10(13)15-8/h14H,2-4,6,13H2,1H3/t11-/m1/s1. The monoisotopic (exact) mass is 222 g/mol. The first-order valence-corrected chi connectivity index (χ1v) is 5.86. The first-order valence-electron chi connectivity index (χ1n) is 5.05. The van der Waals surface area contributed by atoms with Gasteiger partial charge in [0.05, 0.1) is 12.2 Å². The fourth-order valence-electron chi connectivity index (χ4n) is 2.35. The van der Waals surface area contributed by atoms with Gasteiger partial charge in [0, 0.05) is 10.3 Å². The van der Waals surface area contributed by atoms with Crippen molar-refractivity contribution >= 4 is 16.3 Å². The van der Waals surface area contributed by atoms with Gasteiger partial charge in [0.1, 0.15) is 11.1 Å². The Hall–Kier alpha value is -1.05. The van der Waals surface area contributed by atoms with Gasteiger partial charge in [0.15, 0.2) is 0 Å². The first-order chi connectivity index (χ1) is 7.12. The van der Waals surface area contributed by atoms with Crippen LogP contribution in [0.2, 0.25) is 0 Å². The minimum Gasteiger partial charge on any atom is -0.395 e. The van der Waals surface area contributed by atoms with Crippen molar-refractivity contribution < 1.29 is 5.11 Å². The third-order valence-electron chi connectivity index (χ3n) is 3.21. The van der Waals surface area contributed by atoms with E-state index >= 15 is 0 Å². The van der Waals surface area contributed by atoms with Gasteiger partial charge in [-0.3, -0.25) is 0 Å². The Balaban J connectivity index is 2.65. The number of hydrogen-bond donors (Lipinski definition) is 2. The van der Waals surface area contributed by atoms with Crippen molar-refractivity contribution in [1.29, 1.82) is 5.26 Å². The van der Waals surface area contributed by atoms with Gasteiger partial charge >= 0.3 is 0 Å². The number of aliphatic hydroxyl groups excluding tert-OH is 1. The Bertz CT molecular complexity index is 433. The number of fused-ring (bicyclic) bond motifs is 1. The molecule has 1 aromatic heterocycles. The maximum Gasteiger partial charge on any atom is 0.104 e. The highest BCUT2D eigenvalue weighted by atomic mass is 32.1. The number of nitrogens with zero attached hydrogens (tertiary/aromatic N) is 1. The van der Waals surface area contributed by atoms with E-state index in [4.69, 9.17) is 11.0 Å². The van der Waals surface area contributed by atoms with Crippen LogP contribution in [0.25, 0.3) is 0 Å². The Kier molecular flexibility index (Phi) is 2.45. The number of nitriles is 1. The molecule has 0 saturated carbocycles. The number of nitrogens with two attached hydrogens (primary N) is 1. The van der Waals surface area contributed by atoms with E-state index in [9.17, 15) is 5.11 Å². The number of hydrogen-bond acceptors (Lipinski definition) is 4. The predicted molar refractivity (Wildman–Crippen MR) is 60.8 cm³/mol. The average molecular weight is 222 g/mol. The zero-order chi connectivity index (χ0) is 11.1. The van der Waals surface area contributed by atoms with E-state index in [0.717, 1.165) is 24.8 Å². The molecule has 0 radical (unpaired) electrons. The topological polar surface area (TPSA) is 70.0 Å². The molecule has 0 aliphatic heterocycles. The van der Waals surface area contributed by atoms with Crippen LogP contribution < -0.4 is 5.73 Å². The summed E-state index contributed by atoms with van der Waals surface area (Å²) in [7, 11) is 0. The molecule has 1 aromatic rings. The van der Waals surface area contributed by atoms with E-state index in [1.807, 2.05) is 6.92 Å². The van der Waals surface area contributed by atoms with Crippen LogP contribution in [-0.2, 0) is 11.8 Å². The van der Waals surface area contributed by atoms with Crippen LogP contribution in [-0.4, -0.2) is 11.7 Å². The lowest BCUT2D eigenvalue weighted by molar-refractivity contribution is 0.189. The number of rotatable bonds is 1. The summed E-state index contributed by atoms with van der Waals surface area (Å²) in [6.07, 6.45) is 2.98. The molecule has 0 saturated heterocycles. The lowest BCUT2D eigenvalue weighted by Gasteiger charge is -2.32. The summed E-state index contributed by atoms with van der Waals surface area (Å²) in [6.45, 7) is 2.10. The number of nitrogen functional groups attached to an aromatic ring is 1. The maximum absolute atomic E-state index is 9.48. The second-order valence-electron chi connectivity index (χ2n) is 4.32. The molecule has 1 aliphatic carbocycles. The quantitative estimate of drug-likeness (QED) is 0.761. The number of aryl methyl sites for hydroxylation is 1. The molecule has 3 N–H and O–H groups in total. The zero-order valence-corrected chi connectivity index (χ0v) is 9.52. The van der Waals surface area contributed by atoms with Gasteiger partial charge < -0.3 is 10.8 Å². The van der Waals surface area contributed by atoms with Crippen LogP contribution >= 0.6 is 11.3 Å². The van der Waals surface area contributed by atoms with Crippen LogP contribution in [0.15, 0.2) is 0 Å². The molecule has 0 bridgehead atoms. The normalized spacial score (nSPS) is 24.6. The fourth-order valence-corrected chi connectivity index (χ4v) is 3.56. The van der Waals surface area contributed by atoms with Crippen LogP contribution in [0.4, 0.5) is 5.00 Å². The van der Waals surface area contributed by atoms with Crippen molar-refractivity contribution in [2.75, 3.05) is 12.3 Å². The molecular formula is C11H14N2OS. The molecule has 15 heavy (non-hydrogen) atoms. The molecule has 2 rings (SSSR count). The number of aliphatic hydroxyl groups is 1. The van der Waals surface area contributed by atoms with E-state index in [1.54, 1.807) is 0 Å². The van der Waals surface area contributed by atoms with E-state index in [1.165, 1.54) is 16.2 Å². The van der Waals surface area contributed by atoms with Gasteiger partial charge in [-0.25, -0.2) is 0 Å². The largest absolute Gasteiger partial charge is 0.395 e. The van der Waals surface area contributed by atoms with Gasteiger partial charge in [0.2, 0.25) is 0 Å². The fraction of sp³-hybridized carbons (Fsp3) is 0.545. The molecule has 0 spiro atoms. The summed E-state index contributed by atoms with van der Waals surface area (Å²) in [5.41, 5.74) is 7.14. The summed E-state index contributed by atoms with van der Waals surface area (Å²) in [5, 5.41) is 19.2. The lowest BCUT2D eigenvalue weighted by Crippen LogP contribution is -2.31. The minimum atomic E-state index is -0.271. The first kappa shape index (κ1) is 10.5. The van der Waals surface area contributed by atoms with E-state index in [2.05, 4.69) is 6.07 Å². The van der Waals surface area contributed by atoms with Gasteiger partial charge in [-0.15, -0.1) is 11.3 Å². The molecule has 3 nitrogen and oxygen atoms in total. The number of thiophene rings is 1. The SMILES string of the molecule is C[C@]1(CO)CCCc2sc(N)c(C#N)c21. The van der Waals surface area contributed by atoms with Crippen molar-refractivity contribution in [3.63, 3.8) is 0 Å². The van der Waals surface area contributed by atoms with E-state index < -0.39 is 0 Å². The maximum atomic E-state index is 9.48.